The zero-order valence-electron chi connectivity index (χ0n) is 21.5. The lowest BCUT2D eigenvalue weighted by Gasteiger charge is -2.26. The van der Waals surface area contributed by atoms with E-state index >= 15 is 0 Å². The zero-order chi connectivity index (χ0) is 23.6. The number of rotatable bonds is 12. The molecule has 0 bridgehead atoms. The predicted molar refractivity (Wildman–Crippen MR) is 142 cm³/mol. The highest BCUT2D eigenvalue weighted by molar-refractivity contribution is 5.61. The minimum absolute atomic E-state index is 0.738. The summed E-state index contributed by atoms with van der Waals surface area (Å²) in [5.41, 5.74) is 3.65. The Morgan fingerprint density at radius 2 is 1.65 bits per heavy atom. The standard InChI is InChI=1S/C28H45N5O/c1-30(2)14-9-13-29-27-11-10-26(22-28(27)34-21-20-31-15-5-3-6-16-31)33-19-12-25(24-33)23-32-17-7-4-8-18-32/h10-12,19,22,24,29H,3-9,13-18,20-21,23H2,1-2H3. The third kappa shape index (κ3) is 7.76. The van der Waals surface area contributed by atoms with Crippen LogP contribution in [0.1, 0.15) is 50.5 Å². The van der Waals surface area contributed by atoms with Gasteiger partial charge in [-0.05, 0) is 103 Å². The Labute approximate surface area is 206 Å². The summed E-state index contributed by atoms with van der Waals surface area (Å²) in [7, 11) is 4.25. The number of piperidine rings is 2. The minimum Gasteiger partial charge on any atom is -0.490 e. The monoisotopic (exact) mass is 467 g/mol. The van der Waals surface area contributed by atoms with E-state index in [2.05, 4.69) is 75.3 Å². The van der Waals surface area contributed by atoms with Crippen LogP contribution in [0.25, 0.3) is 5.69 Å². The summed E-state index contributed by atoms with van der Waals surface area (Å²) in [6, 6.07) is 8.86. The molecule has 0 atom stereocenters. The summed E-state index contributed by atoms with van der Waals surface area (Å²) in [5, 5.41) is 3.61. The van der Waals surface area contributed by atoms with Gasteiger partial charge in [-0.25, -0.2) is 0 Å². The average Bonchev–Trinajstić information content (AvgIpc) is 3.32. The van der Waals surface area contributed by atoms with Gasteiger partial charge in [0.1, 0.15) is 12.4 Å². The molecule has 2 aliphatic rings. The fraction of sp³-hybridized carbons (Fsp3) is 0.643. The molecule has 0 spiro atoms. The van der Waals surface area contributed by atoms with Crippen LogP contribution in [0.3, 0.4) is 0 Å². The van der Waals surface area contributed by atoms with Gasteiger partial charge >= 0.3 is 0 Å². The minimum atomic E-state index is 0.738. The molecule has 2 fully saturated rings. The summed E-state index contributed by atoms with van der Waals surface area (Å²) in [4.78, 5) is 7.35. The Bertz CT molecular complexity index is 852. The van der Waals surface area contributed by atoms with Crippen LogP contribution in [-0.4, -0.2) is 85.8 Å². The van der Waals surface area contributed by atoms with Gasteiger partial charge in [-0.2, -0.15) is 0 Å². The van der Waals surface area contributed by atoms with E-state index in [9.17, 15) is 0 Å². The van der Waals surface area contributed by atoms with Crippen molar-refractivity contribution in [3.8, 4) is 11.4 Å². The summed E-state index contributed by atoms with van der Waals surface area (Å²) in [6.07, 6.45) is 13.7. The molecule has 2 saturated heterocycles. The van der Waals surface area contributed by atoms with Gasteiger partial charge in [0.2, 0.25) is 0 Å². The van der Waals surface area contributed by atoms with E-state index in [4.69, 9.17) is 4.74 Å². The molecule has 1 aromatic heterocycles. The molecule has 0 saturated carbocycles. The number of likely N-dealkylation sites (tertiary alicyclic amines) is 2. The third-order valence-corrected chi connectivity index (χ3v) is 7.08. The van der Waals surface area contributed by atoms with E-state index in [-0.39, 0.29) is 0 Å². The molecule has 2 aliphatic heterocycles. The summed E-state index contributed by atoms with van der Waals surface area (Å²) >= 11 is 0. The van der Waals surface area contributed by atoms with Crippen LogP contribution < -0.4 is 10.1 Å². The lowest BCUT2D eigenvalue weighted by Crippen LogP contribution is -2.33. The molecule has 1 aromatic carbocycles. The van der Waals surface area contributed by atoms with E-state index in [1.54, 1.807) is 0 Å². The quantitative estimate of drug-likeness (QED) is 0.458. The second-order valence-corrected chi connectivity index (χ2v) is 10.3. The van der Waals surface area contributed by atoms with Crippen molar-refractivity contribution in [1.29, 1.82) is 0 Å². The highest BCUT2D eigenvalue weighted by Gasteiger charge is 2.13. The van der Waals surface area contributed by atoms with E-state index in [1.807, 2.05) is 0 Å². The molecule has 0 radical (unpaired) electrons. The van der Waals surface area contributed by atoms with Gasteiger partial charge in [0, 0.05) is 43.8 Å². The number of nitrogens with zero attached hydrogens (tertiary/aromatic N) is 4. The maximum absolute atomic E-state index is 6.37. The fourth-order valence-corrected chi connectivity index (χ4v) is 5.09. The van der Waals surface area contributed by atoms with Crippen molar-refractivity contribution in [1.82, 2.24) is 19.3 Å². The number of benzene rings is 1. The molecule has 6 heteroatoms. The van der Waals surface area contributed by atoms with Gasteiger partial charge in [0.05, 0.1) is 5.69 Å². The third-order valence-electron chi connectivity index (χ3n) is 7.08. The molecular weight excluding hydrogens is 422 g/mol. The number of nitrogens with one attached hydrogen (secondary N) is 1. The van der Waals surface area contributed by atoms with Crippen LogP contribution in [0.4, 0.5) is 5.69 Å². The normalized spacial score (nSPS) is 17.9. The first-order valence-electron chi connectivity index (χ1n) is 13.4. The molecule has 2 aromatic rings. The Kier molecular flexibility index (Phi) is 9.72. The van der Waals surface area contributed by atoms with E-state index in [0.29, 0.717) is 0 Å². The average molecular weight is 468 g/mol. The summed E-state index contributed by atoms with van der Waals surface area (Å²) in [5.74, 6) is 0.964. The number of hydrogen-bond donors (Lipinski definition) is 1. The number of hydrogen-bond acceptors (Lipinski definition) is 5. The Morgan fingerprint density at radius 3 is 2.38 bits per heavy atom. The van der Waals surface area contributed by atoms with E-state index in [0.717, 1.165) is 56.3 Å². The second-order valence-electron chi connectivity index (χ2n) is 10.3. The predicted octanol–water partition coefficient (Wildman–Crippen LogP) is 4.69. The van der Waals surface area contributed by atoms with Crippen molar-refractivity contribution in [2.24, 2.45) is 0 Å². The lowest BCUT2D eigenvalue weighted by atomic mass is 10.1. The van der Waals surface area contributed by atoms with E-state index in [1.165, 1.54) is 70.3 Å². The van der Waals surface area contributed by atoms with Gasteiger partial charge in [-0.1, -0.05) is 12.8 Å². The van der Waals surface area contributed by atoms with Crippen LogP contribution in [0.5, 0.6) is 5.75 Å². The first-order valence-corrected chi connectivity index (χ1v) is 13.4. The van der Waals surface area contributed by atoms with Crippen molar-refractivity contribution in [2.45, 2.75) is 51.5 Å². The summed E-state index contributed by atoms with van der Waals surface area (Å²) in [6.45, 7) is 9.71. The van der Waals surface area contributed by atoms with Crippen LogP contribution >= 0.6 is 0 Å². The topological polar surface area (TPSA) is 35.9 Å². The van der Waals surface area contributed by atoms with Gasteiger partial charge in [-0.15, -0.1) is 0 Å². The number of ether oxygens (including phenoxy) is 1. The highest BCUT2D eigenvalue weighted by Crippen LogP contribution is 2.28. The summed E-state index contributed by atoms with van der Waals surface area (Å²) < 4.78 is 8.62. The van der Waals surface area contributed by atoms with Crippen LogP contribution in [0.15, 0.2) is 36.7 Å². The van der Waals surface area contributed by atoms with Gasteiger partial charge in [-0.3, -0.25) is 9.80 Å². The van der Waals surface area contributed by atoms with Crippen LogP contribution in [-0.2, 0) is 6.54 Å². The molecule has 0 unspecified atom stereocenters. The second kappa shape index (κ2) is 13.2. The Morgan fingerprint density at radius 1 is 0.912 bits per heavy atom. The molecule has 0 amide bonds. The highest BCUT2D eigenvalue weighted by atomic mass is 16.5. The van der Waals surface area contributed by atoms with Crippen molar-refractivity contribution >= 4 is 5.69 Å². The largest absolute Gasteiger partial charge is 0.490 e. The lowest BCUT2D eigenvalue weighted by molar-refractivity contribution is 0.183. The first-order chi connectivity index (χ1) is 16.7. The van der Waals surface area contributed by atoms with Crippen molar-refractivity contribution in [3.05, 3.63) is 42.2 Å². The van der Waals surface area contributed by atoms with E-state index < -0.39 is 0 Å². The molecule has 34 heavy (non-hydrogen) atoms. The van der Waals surface area contributed by atoms with Crippen molar-refractivity contribution in [3.63, 3.8) is 0 Å². The zero-order valence-corrected chi connectivity index (χ0v) is 21.5. The molecule has 1 N–H and O–H groups in total. The molecule has 4 rings (SSSR count). The Hall–Kier alpha value is -2.02. The number of anilines is 1. The molecule has 6 nitrogen and oxygen atoms in total. The molecular formula is C28H45N5O. The van der Waals surface area contributed by atoms with Gasteiger partial charge < -0.3 is 19.5 Å². The van der Waals surface area contributed by atoms with Crippen molar-refractivity contribution < 1.29 is 4.74 Å². The number of aromatic nitrogens is 1. The maximum atomic E-state index is 6.37. The maximum Gasteiger partial charge on any atom is 0.144 e. The molecule has 188 valence electrons. The van der Waals surface area contributed by atoms with Crippen LogP contribution in [0, 0.1) is 0 Å². The smallest absolute Gasteiger partial charge is 0.144 e. The van der Waals surface area contributed by atoms with Gasteiger partial charge in [0.25, 0.3) is 0 Å². The first kappa shape index (κ1) is 25.1. The van der Waals surface area contributed by atoms with Crippen LogP contribution in [0.2, 0.25) is 0 Å². The van der Waals surface area contributed by atoms with Crippen molar-refractivity contribution in [2.75, 3.05) is 71.8 Å². The molecule has 0 aliphatic carbocycles. The fourth-order valence-electron chi connectivity index (χ4n) is 5.09. The molecule has 3 heterocycles. The Balaban J connectivity index is 1.40. The SMILES string of the molecule is CN(C)CCCNc1ccc(-n2ccc(CN3CCCCC3)c2)cc1OCCN1CCCCC1. The van der Waals surface area contributed by atoms with Gasteiger partial charge in [0.15, 0.2) is 0 Å².